The Morgan fingerprint density at radius 1 is 1.40 bits per heavy atom. The summed E-state index contributed by atoms with van der Waals surface area (Å²) in [6, 6.07) is 8.15. The Labute approximate surface area is 121 Å². The molecule has 3 nitrogen and oxygen atoms in total. The number of likely N-dealkylation sites (tertiary alicyclic amines) is 1. The summed E-state index contributed by atoms with van der Waals surface area (Å²) in [5, 5.41) is 8.84. The zero-order chi connectivity index (χ0) is 14.4. The van der Waals surface area contributed by atoms with Crippen LogP contribution in [-0.4, -0.2) is 42.9 Å². The van der Waals surface area contributed by atoms with Gasteiger partial charge in [-0.3, -0.25) is 4.90 Å². The highest BCUT2D eigenvalue weighted by atomic mass is 16.5. The molecule has 1 fully saturated rings. The van der Waals surface area contributed by atoms with Gasteiger partial charge in [-0.1, -0.05) is 37.0 Å². The van der Waals surface area contributed by atoms with E-state index in [1.165, 1.54) is 12.0 Å². The van der Waals surface area contributed by atoms with Gasteiger partial charge in [-0.25, -0.2) is 0 Å². The lowest BCUT2D eigenvalue weighted by Crippen LogP contribution is -2.43. The summed E-state index contributed by atoms with van der Waals surface area (Å²) in [6.45, 7) is 5.12. The summed E-state index contributed by atoms with van der Waals surface area (Å²) >= 11 is 0. The first-order chi connectivity index (χ1) is 9.74. The van der Waals surface area contributed by atoms with Gasteiger partial charge in [0.05, 0.1) is 6.10 Å². The smallest absolute Gasteiger partial charge is 0.104 e. The maximum absolute atomic E-state index is 8.84. The Morgan fingerprint density at radius 2 is 2.20 bits per heavy atom. The predicted molar refractivity (Wildman–Crippen MR) is 80.3 cm³/mol. The van der Waals surface area contributed by atoms with E-state index in [2.05, 4.69) is 29.7 Å². The normalized spacial score (nSPS) is 23.1. The standard InChI is InChI=1S/C17H23NO2/c1-14-9-10-18(13-17(14)20-2)12-16-7-4-3-6-15(16)8-5-11-19/h3-4,6-7,14,17,19H,9-13H2,1-2H3. The maximum atomic E-state index is 8.84. The number of aliphatic hydroxyl groups is 1. The Hall–Kier alpha value is -1.34. The average molecular weight is 273 g/mol. The highest BCUT2D eigenvalue weighted by Gasteiger charge is 2.26. The molecule has 20 heavy (non-hydrogen) atoms. The zero-order valence-corrected chi connectivity index (χ0v) is 12.3. The first-order valence-electron chi connectivity index (χ1n) is 7.17. The van der Waals surface area contributed by atoms with Crippen molar-refractivity contribution in [2.24, 2.45) is 5.92 Å². The van der Waals surface area contributed by atoms with Crippen molar-refractivity contribution in [2.45, 2.75) is 26.0 Å². The largest absolute Gasteiger partial charge is 0.384 e. The van der Waals surface area contributed by atoms with Gasteiger partial charge in [-0.05, 0) is 30.5 Å². The molecule has 0 bridgehead atoms. The molecular weight excluding hydrogens is 250 g/mol. The quantitative estimate of drug-likeness (QED) is 0.854. The minimum Gasteiger partial charge on any atom is -0.384 e. The highest BCUT2D eigenvalue weighted by Crippen LogP contribution is 2.21. The molecule has 0 radical (unpaired) electrons. The topological polar surface area (TPSA) is 32.7 Å². The highest BCUT2D eigenvalue weighted by molar-refractivity contribution is 5.41. The molecule has 1 heterocycles. The van der Waals surface area contributed by atoms with Crippen LogP contribution in [0.4, 0.5) is 0 Å². The van der Waals surface area contributed by atoms with Crippen molar-refractivity contribution in [3.63, 3.8) is 0 Å². The van der Waals surface area contributed by atoms with E-state index in [-0.39, 0.29) is 6.61 Å². The van der Waals surface area contributed by atoms with E-state index in [1.807, 2.05) is 18.2 Å². The Kier molecular flexibility index (Phi) is 5.60. The molecule has 0 amide bonds. The van der Waals surface area contributed by atoms with Gasteiger partial charge in [0, 0.05) is 25.8 Å². The van der Waals surface area contributed by atoms with Gasteiger partial charge in [-0.2, -0.15) is 0 Å². The minimum absolute atomic E-state index is 0.0959. The minimum atomic E-state index is -0.0959. The maximum Gasteiger partial charge on any atom is 0.104 e. The number of nitrogens with zero attached hydrogens (tertiary/aromatic N) is 1. The number of aliphatic hydroxyl groups excluding tert-OH is 1. The molecule has 1 saturated heterocycles. The Morgan fingerprint density at radius 3 is 2.95 bits per heavy atom. The molecule has 0 aliphatic carbocycles. The van der Waals surface area contributed by atoms with Gasteiger partial charge in [0.1, 0.15) is 6.61 Å². The summed E-state index contributed by atoms with van der Waals surface area (Å²) in [5.74, 6) is 6.39. The van der Waals surface area contributed by atoms with Crippen LogP contribution in [0.1, 0.15) is 24.5 Å². The van der Waals surface area contributed by atoms with Gasteiger partial charge in [0.2, 0.25) is 0 Å². The molecule has 108 valence electrons. The van der Waals surface area contributed by atoms with Gasteiger partial charge < -0.3 is 9.84 Å². The van der Waals surface area contributed by atoms with Crippen molar-refractivity contribution >= 4 is 0 Å². The molecule has 1 aliphatic rings. The zero-order valence-electron chi connectivity index (χ0n) is 12.3. The molecule has 0 spiro atoms. The lowest BCUT2D eigenvalue weighted by Gasteiger charge is -2.36. The summed E-state index contributed by atoms with van der Waals surface area (Å²) in [6.07, 6.45) is 1.49. The summed E-state index contributed by atoms with van der Waals surface area (Å²) in [4.78, 5) is 2.42. The van der Waals surface area contributed by atoms with Gasteiger partial charge in [0.15, 0.2) is 0 Å². The Balaban J connectivity index is 2.06. The van der Waals surface area contributed by atoms with E-state index >= 15 is 0 Å². The number of piperidine rings is 1. The molecule has 1 aromatic rings. The molecule has 0 aromatic heterocycles. The number of rotatable bonds is 3. The van der Waals surface area contributed by atoms with Crippen molar-refractivity contribution in [3.8, 4) is 11.8 Å². The van der Waals surface area contributed by atoms with Crippen LogP contribution in [-0.2, 0) is 11.3 Å². The van der Waals surface area contributed by atoms with Crippen molar-refractivity contribution < 1.29 is 9.84 Å². The fraction of sp³-hybridized carbons (Fsp3) is 0.529. The molecule has 2 rings (SSSR count). The lowest BCUT2D eigenvalue weighted by atomic mass is 9.95. The van der Waals surface area contributed by atoms with Crippen LogP contribution in [0.25, 0.3) is 0 Å². The molecule has 0 saturated carbocycles. The van der Waals surface area contributed by atoms with E-state index in [4.69, 9.17) is 9.84 Å². The number of hydrogen-bond acceptors (Lipinski definition) is 3. The van der Waals surface area contributed by atoms with E-state index in [0.29, 0.717) is 12.0 Å². The van der Waals surface area contributed by atoms with E-state index in [9.17, 15) is 0 Å². The molecule has 1 aromatic carbocycles. The number of ether oxygens (including phenoxy) is 1. The Bertz CT molecular complexity index is 489. The molecule has 2 atom stereocenters. The fourth-order valence-corrected chi connectivity index (χ4v) is 2.70. The summed E-state index contributed by atoms with van der Waals surface area (Å²) in [5.41, 5.74) is 2.23. The monoisotopic (exact) mass is 273 g/mol. The van der Waals surface area contributed by atoms with E-state index < -0.39 is 0 Å². The summed E-state index contributed by atoms with van der Waals surface area (Å²) < 4.78 is 5.56. The second-order valence-electron chi connectivity index (χ2n) is 5.39. The van der Waals surface area contributed by atoms with Crippen LogP contribution in [0.15, 0.2) is 24.3 Å². The molecule has 2 unspecified atom stereocenters. The number of hydrogen-bond donors (Lipinski definition) is 1. The van der Waals surface area contributed by atoms with Crippen LogP contribution in [0.5, 0.6) is 0 Å². The van der Waals surface area contributed by atoms with Crippen molar-refractivity contribution in [2.75, 3.05) is 26.8 Å². The van der Waals surface area contributed by atoms with E-state index in [1.54, 1.807) is 7.11 Å². The van der Waals surface area contributed by atoms with Crippen LogP contribution in [0.2, 0.25) is 0 Å². The first-order valence-corrected chi connectivity index (χ1v) is 7.17. The SMILES string of the molecule is COC1CN(Cc2ccccc2C#CCO)CCC1C. The van der Waals surface area contributed by atoms with Crippen molar-refractivity contribution in [3.05, 3.63) is 35.4 Å². The van der Waals surface area contributed by atoms with Gasteiger partial charge in [0.25, 0.3) is 0 Å². The molecule has 1 N–H and O–H groups in total. The lowest BCUT2D eigenvalue weighted by molar-refractivity contribution is -0.00746. The van der Waals surface area contributed by atoms with Crippen molar-refractivity contribution in [1.82, 2.24) is 4.90 Å². The second kappa shape index (κ2) is 7.44. The van der Waals surface area contributed by atoms with Gasteiger partial charge >= 0.3 is 0 Å². The fourth-order valence-electron chi connectivity index (χ4n) is 2.70. The summed E-state index contributed by atoms with van der Waals surface area (Å²) in [7, 11) is 1.80. The number of benzene rings is 1. The van der Waals surface area contributed by atoms with Crippen LogP contribution in [0, 0.1) is 17.8 Å². The second-order valence-corrected chi connectivity index (χ2v) is 5.39. The van der Waals surface area contributed by atoms with E-state index in [0.717, 1.165) is 25.2 Å². The van der Waals surface area contributed by atoms with Gasteiger partial charge in [-0.15, -0.1) is 0 Å². The third-order valence-corrected chi connectivity index (χ3v) is 3.99. The molecule has 3 heteroatoms. The van der Waals surface area contributed by atoms with Crippen LogP contribution < -0.4 is 0 Å². The average Bonchev–Trinajstić information content (AvgIpc) is 2.48. The molecular formula is C17H23NO2. The van der Waals surface area contributed by atoms with Crippen molar-refractivity contribution in [1.29, 1.82) is 0 Å². The molecule has 1 aliphatic heterocycles. The van der Waals surface area contributed by atoms with Crippen LogP contribution >= 0.6 is 0 Å². The number of methoxy groups -OCH3 is 1. The third kappa shape index (κ3) is 3.83. The third-order valence-electron chi connectivity index (χ3n) is 3.99. The first kappa shape index (κ1) is 15.1. The van der Waals surface area contributed by atoms with Crippen LogP contribution in [0.3, 0.4) is 0 Å². The predicted octanol–water partition coefficient (Wildman–Crippen LogP) is 1.89.